The molecule has 534 valence electrons. The molecule has 2 aromatic heterocycles. The first-order valence-corrected chi connectivity index (χ1v) is 38.7. The number of fused-ring (bicyclic) bond motifs is 2. The predicted octanol–water partition coefficient (Wildman–Crippen LogP) is 13.0. The summed E-state index contributed by atoms with van der Waals surface area (Å²) in [6, 6.07) is 36.8. The number of nitrogens with zero attached hydrogens (tertiary/aromatic N) is 10. The van der Waals surface area contributed by atoms with Crippen molar-refractivity contribution in [1.29, 1.82) is 0 Å². The highest BCUT2D eigenvalue weighted by Gasteiger charge is 2.45. The van der Waals surface area contributed by atoms with Gasteiger partial charge in [0.1, 0.15) is 29.5 Å². The third kappa shape index (κ3) is 16.0. The van der Waals surface area contributed by atoms with Gasteiger partial charge in [0.2, 0.25) is 0 Å². The summed E-state index contributed by atoms with van der Waals surface area (Å²) in [5.41, 5.74) is 4.29. The van der Waals surface area contributed by atoms with Crippen LogP contribution in [0.25, 0.3) is 0 Å². The van der Waals surface area contributed by atoms with Gasteiger partial charge < -0.3 is 34.6 Å². The number of esters is 2. The van der Waals surface area contributed by atoms with Crippen molar-refractivity contribution in [3.8, 4) is 5.75 Å². The molecule has 0 aliphatic carbocycles. The van der Waals surface area contributed by atoms with Crippen LogP contribution in [-0.4, -0.2) is 177 Å². The summed E-state index contributed by atoms with van der Waals surface area (Å²) in [6.45, 7) is 11.0. The Kier molecular flexibility index (Phi) is 22.4. The van der Waals surface area contributed by atoms with E-state index in [1.807, 2.05) is 105 Å². The van der Waals surface area contributed by atoms with Crippen LogP contribution in [0.2, 0.25) is 10.0 Å². The van der Waals surface area contributed by atoms with Crippen molar-refractivity contribution in [2.24, 2.45) is 9.98 Å². The number of aliphatic imine (C=N–C) groups is 2. The van der Waals surface area contributed by atoms with Crippen LogP contribution in [0.15, 0.2) is 214 Å². The Morgan fingerprint density at radius 1 is 0.592 bits per heavy atom. The summed E-state index contributed by atoms with van der Waals surface area (Å²) in [6.07, 6.45) is 3.35. The van der Waals surface area contributed by atoms with E-state index >= 15 is 0 Å². The zero-order chi connectivity index (χ0) is 72.2. The van der Waals surface area contributed by atoms with Crippen LogP contribution < -0.4 is 25.2 Å². The van der Waals surface area contributed by atoms with Gasteiger partial charge in [-0.15, -0.1) is 22.7 Å². The lowest BCUT2D eigenvalue weighted by molar-refractivity contribution is -0.137. The lowest BCUT2D eigenvalue weighted by atomic mass is 9.95. The third-order valence-corrected chi connectivity index (χ3v) is 24.6. The number of amidine groups is 2. The molecular weight excluding hydrogens is 1460 g/mol. The van der Waals surface area contributed by atoms with E-state index in [1.54, 1.807) is 73.2 Å². The molecule has 0 unspecified atom stereocenters. The highest BCUT2D eigenvalue weighted by atomic mass is 35.5. The molecule has 21 nitrogen and oxygen atoms in total. The molecule has 4 atom stereocenters. The summed E-state index contributed by atoms with van der Waals surface area (Å²) in [5.74, 6) is -0.346. The zero-order valence-electron chi connectivity index (χ0n) is 56.4. The van der Waals surface area contributed by atoms with E-state index in [1.165, 1.54) is 79.0 Å². The van der Waals surface area contributed by atoms with Crippen LogP contribution in [-0.2, 0) is 28.9 Å². The molecule has 103 heavy (non-hydrogen) atoms. The van der Waals surface area contributed by atoms with Crippen molar-refractivity contribution in [2.45, 2.75) is 74.7 Å². The van der Waals surface area contributed by atoms with Gasteiger partial charge in [-0.3, -0.25) is 29.6 Å². The van der Waals surface area contributed by atoms with Gasteiger partial charge in [0.05, 0.1) is 54.2 Å². The maximum absolute atomic E-state index is 14.1. The molecule has 6 aliphatic heterocycles. The Bertz CT molecular complexity index is 4730. The fourth-order valence-corrected chi connectivity index (χ4v) is 17.5. The number of sulfone groups is 1. The Balaban J connectivity index is 0.000000184. The number of hydrogen-bond acceptors (Lipinski definition) is 21. The van der Waals surface area contributed by atoms with Crippen LogP contribution in [0.4, 0.5) is 29.7 Å². The van der Waals surface area contributed by atoms with E-state index < -0.39 is 50.7 Å². The molecular formula is C73H70Cl2F2N12O9S5. The number of carbonyl (C=O) groups excluding carboxylic acids is 4. The van der Waals surface area contributed by atoms with Gasteiger partial charge in [-0.1, -0.05) is 58.9 Å². The van der Waals surface area contributed by atoms with Gasteiger partial charge in [-0.05, 0) is 142 Å². The van der Waals surface area contributed by atoms with Gasteiger partial charge in [0, 0.05) is 152 Å². The first-order chi connectivity index (χ1) is 49.7. The fourth-order valence-electron chi connectivity index (χ4n) is 13.0. The van der Waals surface area contributed by atoms with Crippen LogP contribution in [0, 0.1) is 11.6 Å². The van der Waals surface area contributed by atoms with Crippen molar-refractivity contribution in [3.05, 3.63) is 222 Å². The molecule has 4 amide bonds. The second kappa shape index (κ2) is 31.7. The number of carbonyl (C=O) groups is 4. The minimum Gasteiger partial charge on any atom is -0.494 e. The number of ether oxygens (including phenoxy) is 3. The van der Waals surface area contributed by atoms with Gasteiger partial charge in [-0.25, -0.2) is 46.3 Å². The van der Waals surface area contributed by atoms with Crippen LogP contribution >= 0.6 is 69.4 Å². The molecule has 0 spiro atoms. The van der Waals surface area contributed by atoms with Gasteiger partial charge >= 0.3 is 24.0 Å². The second-order valence-electron chi connectivity index (χ2n) is 24.9. The molecule has 0 bridgehead atoms. The number of aromatic nitrogens is 2. The molecule has 30 heteroatoms. The molecule has 4 saturated heterocycles. The topological polar surface area (TPSA) is 224 Å². The number of nitrogens with one attached hydrogen (secondary N) is 2. The predicted molar refractivity (Wildman–Crippen MR) is 397 cm³/mol. The summed E-state index contributed by atoms with van der Waals surface area (Å²) in [5, 5.41) is 11.4. The molecule has 0 saturated carbocycles. The van der Waals surface area contributed by atoms with Crippen LogP contribution in [0.1, 0.15) is 54.0 Å². The smallest absolute Gasteiger partial charge is 0.338 e. The molecule has 4 fully saturated rings. The molecule has 14 rings (SSSR count). The number of hydrogen-bond donors (Lipinski definition) is 2. The number of methoxy groups -OCH3 is 2. The average molecular weight is 1530 g/mol. The number of anilines is 2. The highest BCUT2D eigenvalue weighted by molar-refractivity contribution is 7.99. The zero-order valence-corrected chi connectivity index (χ0v) is 62.0. The van der Waals surface area contributed by atoms with E-state index in [-0.39, 0.29) is 45.3 Å². The Morgan fingerprint density at radius 2 is 1.00 bits per heavy atom. The van der Waals surface area contributed by atoms with Gasteiger partial charge in [0.25, 0.3) is 0 Å². The van der Waals surface area contributed by atoms with Crippen molar-refractivity contribution < 1.29 is 50.6 Å². The monoisotopic (exact) mass is 1530 g/mol. The average Bonchev–Trinajstić information content (AvgIpc) is 1.60. The minimum absolute atomic E-state index is 0.0176. The Hall–Kier alpha value is -8.71. The van der Waals surface area contributed by atoms with E-state index in [4.69, 9.17) is 47.4 Å². The number of thiazole rings is 2. The Labute approximate surface area is 621 Å². The number of piperazine rings is 2. The number of benzene rings is 6. The lowest BCUT2D eigenvalue weighted by Crippen LogP contribution is -2.53. The molecule has 8 heterocycles. The fraction of sp³-hybridized carbons (Fsp3) is 0.288. The van der Waals surface area contributed by atoms with E-state index in [0.717, 1.165) is 36.7 Å². The lowest BCUT2D eigenvalue weighted by Gasteiger charge is -2.38. The van der Waals surface area contributed by atoms with E-state index in [0.29, 0.717) is 121 Å². The highest BCUT2D eigenvalue weighted by Crippen LogP contribution is 2.41. The standard InChI is InChI=1S/C37H36ClFN6O5S3.C36H34ClFN6O4S2/c1-22(2)53(48,49)28-11-9-27(10-12-28)52-26-7-5-24(6-8-26)45-20-25-19-43(15-16-44(25)37(45)47)21-31-32(36(46)50-3)33(29-13-4-23(39)18-30(29)38)42-34(41-31)35-40-14-17-51-35;1-3-48-25-7-11-27(12-8-25)50-26-9-5-23(6-10-26)44-20-24-19-42(15-16-43(24)36(44)46)21-30-31(35(45)47-2)32(28-13-4-22(38)18-29(28)37)41-33(40-30)34-39-14-17-49-34/h4-14,17-18,22,25,33H,15-16,19-21H2,1-3H3,(H,41,42);4-14,17-18,24,32H,3,15-16,19-21H2,1-2H3,(H,40,41)/t25-,33-;24-,32-/m00/s1. The molecule has 6 aromatic carbocycles. The SMILES string of the molecule is CCOc1ccc(Sc2ccc(N3C[C@@H]4CN(CC5=C(C(=O)OC)[C@H](c6ccc(F)cc6Cl)N=C(c6nccs6)N5)CCN4C3=O)cc2)cc1.COC(=O)C1=C(CN2CCN3C(=O)N(c4ccc(Sc5ccc(S(=O)(=O)C(C)C)cc5)cc4)C[C@@H]3C2)NC(c2nccs2)=N[C@H]1c1ccc(F)cc1Cl. The van der Waals surface area contributed by atoms with Gasteiger partial charge in [0.15, 0.2) is 31.5 Å². The van der Waals surface area contributed by atoms with Gasteiger partial charge in [-0.2, -0.15) is 0 Å². The third-order valence-electron chi connectivity index (χ3n) is 18.2. The molecule has 6 aliphatic rings. The van der Waals surface area contributed by atoms with Crippen LogP contribution in [0.3, 0.4) is 0 Å². The van der Waals surface area contributed by atoms with Crippen LogP contribution in [0.5, 0.6) is 5.75 Å². The molecule has 8 aromatic rings. The van der Waals surface area contributed by atoms with E-state index in [2.05, 4.69) is 30.4 Å². The maximum Gasteiger partial charge on any atom is 0.338 e. The number of halogens is 4. The second-order valence-corrected chi connectivity index (χ2v) is 32.3. The Morgan fingerprint density at radius 3 is 1.37 bits per heavy atom. The van der Waals surface area contributed by atoms with Crippen molar-refractivity contribution in [2.75, 3.05) is 96.1 Å². The maximum atomic E-state index is 14.1. The minimum atomic E-state index is -3.34. The van der Waals surface area contributed by atoms with Crippen molar-refractivity contribution in [1.82, 2.24) is 40.2 Å². The summed E-state index contributed by atoms with van der Waals surface area (Å²) in [7, 11) is -0.717. The number of urea groups is 2. The van der Waals surface area contributed by atoms with E-state index in [9.17, 15) is 36.4 Å². The largest absolute Gasteiger partial charge is 0.494 e. The molecule has 2 N–H and O–H groups in total. The molecule has 0 radical (unpaired) electrons. The van der Waals surface area contributed by atoms with Crippen molar-refractivity contribution in [3.63, 3.8) is 0 Å². The summed E-state index contributed by atoms with van der Waals surface area (Å²) < 4.78 is 69.1. The number of rotatable bonds is 20. The first-order valence-electron chi connectivity index (χ1n) is 33.0. The summed E-state index contributed by atoms with van der Waals surface area (Å²) in [4.78, 5) is 88.6. The summed E-state index contributed by atoms with van der Waals surface area (Å²) >= 11 is 19.0. The first kappa shape index (κ1) is 72.6. The number of amides is 4. The normalized spacial score (nSPS) is 19.3. The van der Waals surface area contributed by atoms with Crippen molar-refractivity contribution >= 4 is 126 Å². The quantitative estimate of drug-likeness (QED) is 0.0677.